The number of aromatic nitrogens is 1. The summed E-state index contributed by atoms with van der Waals surface area (Å²) in [7, 11) is 0. The van der Waals surface area contributed by atoms with Crippen LogP contribution in [-0.2, 0) is 10.2 Å². The predicted molar refractivity (Wildman–Crippen MR) is 94.5 cm³/mol. The van der Waals surface area contributed by atoms with Crippen LogP contribution in [0, 0.1) is 6.92 Å². The molecule has 2 N–H and O–H groups in total. The van der Waals surface area contributed by atoms with Gasteiger partial charge in [-0.3, -0.25) is 9.59 Å². The fourth-order valence-electron chi connectivity index (χ4n) is 2.26. The molecule has 0 aliphatic heterocycles. The highest BCUT2D eigenvalue weighted by Crippen LogP contribution is 2.29. The molecule has 0 saturated heterocycles. The van der Waals surface area contributed by atoms with Crippen LogP contribution < -0.4 is 5.32 Å². The molecule has 0 radical (unpaired) electrons. The number of hydrogen-bond donors (Lipinski definition) is 2. The van der Waals surface area contributed by atoms with Gasteiger partial charge in [0.2, 0.25) is 0 Å². The van der Waals surface area contributed by atoms with Gasteiger partial charge in [-0.15, -0.1) is 11.3 Å². The molecule has 5 nitrogen and oxygen atoms in total. The quantitative estimate of drug-likeness (QED) is 0.865. The number of benzene rings is 1. The largest absolute Gasteiger partial charge is 0.481 e. The van der Waals surface area contributed by atoms with Crippen LogP contribution in [-0.4, -0.2) is 22.0 Å². The van der Waals surface area contributed by atoms with Gasteiger partial charge in [-0.25, -0.2) is 4.98 Å². The van der Waals surface area contributed by atoms with E-state index in [1.807, 2.05) is 51.1 Å². The van der Waals surface area contributed by atoms with Gasteiger partial charge < -0.3 is 10.4 Å². The fourth-order valence-corrected chi connectivity index (χ4v) is 3.29. The first kappa shape index (κ1) is 18.1. The molecule has 0 aliphatic rings. The first-order chi connectivity index (χ1) is 11.2. The van der Waals surface area contributed by atoms with E-state index in [9.17, 15) is 9.59 Å². The average Bonchev–Trinajstić information content (AvgIpc) is 2.89. The van der Waals surface area contributed by atoms with Crippen LogP contribution in [0.3, 0.4) is 0 Å². The van der Waals surface area contributed by atoms with Gasteiger partial charge in [-0.05, 0) is 12.5 Å². The van der Waals surface area contributed by atoms with Gasteiger partial charge in [0.25, 0.3) is 5.91 Å². The Morgan fingerprint density at radius 3 is 2.38 bits per heavy atom. The van der Waals surface area contributed by atoms with Crippen LogP contribution in [0.15, 0.2) is 30.3 Å². The molecule has 0 bridgehead atoms. The van der Waals surface area contributed by atoms with E-state index in [1.165, 1.54) is 11.3 Å². The van der Waals surface area contributed by atoms with E-state index in [0.717, 1.165) is 10.6 Å². The Kier molecular flexibility index (Phi) is 5.39. The topological polar surface area (TPSA) is 79.3 Å². The molecule has 0 aliphatic carbocycles. The third-order valence-corrected chi connectivity index (χ3v) is 5.11. The molecule has 0 spiro atoms. The van der Waals surface area contributed by atoms with Crippen LogP contribution in [0.25, 0.3) is 0 Å². The maximum absolute atomic E-state index is 12.6. The number of carboxylic acid groups (broad SMARTS) is 1. The summed E-state index contributed by atoms with van der Waals surface area (Å²) in [6.07, 6.45) is -0.167. The van der Waals surface area contributed by atoms with Crippen molar-refractivity contribution in [2.75, 3.05) is 0 Å². The first-order valence-corrected chi connectivity index (χ1v) is 8.55. The minimum atomic E-state index is -0.958. The van der Waals surface area contributed by atoms with Gasteiger partial charge in [-0.1, -0.05) is 51.1 Å². The van der Waals surface area contributed by atoms with Crippen LogP contribution in [0.5, 0.6) is 0 Å². The summed E-state index contributed by atoms with van der Waals surface area (Å²) in [5.74, 6) is -1.24. The van der Waals surface area contributed by atoms with Crippen molar-refractivity contribution in [2.24, 2.45) is 0 Å². The summed E-state index contributed by atoms with van der Waals surface area (Å²) in [4.78, 5) is 28.8. The highest BCUT2D eigenvalue weighted by Gasteiger charge is 2.25. The van der Waals surface area contributed by atoms with Gasteiger partial charge in [0.05, 0.1) is 23.2 Å². The minimum absolute atomic E-state index is 0.131. The van der Waals surface area contributed by atoms with Gasteiger partial charge in [0.15, 0.2) is 0 Å². The molecule has 0 saturated carbocycles. The number of amides is 1. The second-order valence-corrected chi connectivity index (χ2v) is 7.72. The van der Waals surface area contributed by atoms with Crippen molar-refractivity contribution in [3.63, 3.8) is 0 Å². The lowest BCUT2D eigenvalue weighted by Crippen LogP contribution is -2.30. The SMILES string of the molecule is Cc1nc(C(C)(C)C)sc1C(=O)NC(CC(=O)O)c1ccccc1. The van der Waals surface area contributed by atoms with Crippen molar-refractivity contribution in [1.82, 2.24) is 10.3 Å². The third-order valence-electron chi connectivity index (χ3n) is 3.53. The summed E-state index contributed by atoms with van der Waals surface area (Å²) in [5, 5.41) is 12.9. The zero-order valence-electron chi connectivity index (χ0n) is 14.3. The van der Waals surface area contributed by atoms with E-state index in [4.69, 9.17) is 5.11 Å². The number of carbonyl (C=O) groups is 2. The summed E-state index contributed by atoms with van der Waals surface area (Å²) in [6.45, 7) is 7.94. The maximum Gasteiger partial charge on any atom is 0.305 e. The number of aliphatic carboxylic acids is 1. The summed E-state index contributed by atoms with van der Waals surface area (Å²) < 4.78 is 0. The van der Waals surface area contributed by atoms with Gasteiger partial charge >= 0.3 is 5.97 Å². The standard InChI is InChI=1S/C18H22N2O3S/c1-11-15(24-17(19-11)18(2,3)4)16(23)20-13(10-14(21)22)12-8-6-5-7-9-12/h5-9,13H,10H2,1-4H3,(H,20,23)(H,21,22). The van der Waals surface area contributed by atoms with Crippen molar-refractivity contribution in [3.8, 4) is 0 Å². The predicted octanol–water partition coefficient (Wildman–Crippen LogP) is 3.69. The number of nitrogens with one attached hydrogen (secondary N) is 1. The lowest BCUT2D eigenvalue weighted by molar-refractivity contribution is -0.137. The number of carbonyl (C=O) groups excluding carboxylic acids is 1. The Labute approximate surface area is 145 Å². The Morgan fingerprint density at radius 2 is 1.88 bits per heavy atom. The maximum atomic E-state index is 12.6. The average molecular weight is 346 g/mol. The molecule has 1 atom stereocenters. The summed E-state index contributed by atoms with van der Waals surface area (Å²) in [6, 6.07) is 8.56. The summed E-state index contributed by atoms with van der Waals surface area (Å²) >= 11 is 1.36. The molecule has 128 valence electrons. The molecule has 6 heteroatoms. The lowest BCUT2D eigenvalue weighted by Gasteiger charge is -2.17. The molecule has 2 aromatic rings. The smallest absolute Gasteiger partial charge is 0.305 e. The normalized spacial score (nSPS) is 12.7. The third kappa shape index (κ3) is 4.41. The first-order valence-electron chi connectivity index (χ1n) is 7.74. The minimum Gasteiger partial charge on any atom is -0.481 e. The summed E-state index contributed by atoms with van der Waals surface area (Å²) in [5.41, 5.74) is 1.31. The van der Waals surface area contributed by atoms with Crippen LogP contribution in [0.4, 0.5) is 0 Å². The van der Waals surface area contributed by atoms with E-state index in [0.29, 0.717) is 10.6 Å². The lowest BCUT2D eigenvalue weighted by atomic mass is 9.98. The highest BCUT2D eigenvalue weighted by atomic mass is 32.1. The molecule has 1 unspecified atom stereocenters. The number of rotatable bonds is 5. The highest BCUT2D eigenvalue weighted by molar-refractivity contribution is 7.14. The van der Waals surface area contributed by atoms with Crippen molar-refractivity contribution < 1.29 is 14.7 Å². The Hall–Kier alpha value is -2.21. The van der Waals surface area contributed by atoms with E-state index < -0.39 is 12.0 Å². The van der Waals surface area contributed by atoms with Gasteiger partial charge in [0.1, 0.15) is 4.88 Å². The van der Waals surface area contributed by atoms with Gasteiger partial charge in [-0.2, -0.15) is 0 Å². The van der Waals surface area contributed by atoms with Crippen molar-refractivity contribution in [2.45, 2.75) is 45.6 Å². The van der Waals surface area contributed by atoms with Crippen molar-refractivity contribution in [3.05, 3.63) is 51.5 Å². The van der Waals surface area contributed by atoms with Crippen LogP contribution >= 0.6 is 11.3 Å². The van der Waals surface area contributed by atoms with E-state index in [2.05, 4.69) is 10.3 Å². The fraction of sp³-hybridized carbons (Fsp3) is 0.389. The monoisotopic (exact) mass is 346 g/mol. The molecule has 1 aromatic carbocycles. The molecule has 1 aromatic heterocycles. The van der Waals surface area contributed by atoms with E-state index in [-0.39, 0.29) is 17.7 Å². The molecule has 2 rings (SSSR count). The van der Waals surface area contributed by atoms with Crippen LogP contribution in [0.2, 0.25) is 0 Å². The Bertz CT molecular complexity index is 732. The Morgan fingerprint density at radius 1 is 1.25 bits per heavy atom. The molecule has 1 amide bonds. The van der Waals surface area contributed by atoms with Gasteiger partial charge in [0, 0.05) is 5.41 Å². The van der Waals surface area contributed by atoms with Crippen molar-refractivity contribution >= 4 is 23.2 Å². The molecule has 1 heterocycles. The zero-order chi connectivity index (χ0) is 17.9. The molecule has 0 fully saturated rings. The number of hydrogen-bond acceptors (Lipinski definition) is 4. The van der Waals surface area contributed by atoms with Crippen LogP contribution in [0.1, 0.15) is 59.2 Å². The second-order valence-electron chi connectivity index (χ2n) is 6.72. The second kappa shape index (κ2) is 7.13. The number of nitrogens with zero attached hydrogens (tertiary/aromatic N) is 1. The van der Waals surface area contributed by atoms with E-state index in [1.54, 1.807) is 6.92 Å². The van der Waals surface area contributed by atoms with E-state index >= 15 is 0 Å². The molecule has 24 heavy (non-hydrogen) atoms. The number of aryl methyl sites for hydroxylation is 1. The molecular formula is C18H22N2O3S. The number of thiazole rings is 1. The molecular weight excluding hydrogens is 324 g/mol. The van der Waals surface area contributed by atoms with Crippen molar-refractivity contribution in [1.29, 1.82) is 0 Å². The number of carboxylic acids is 1. The zero-order valence-corrected chi connectivity index (χ0v) is 15.1. The Balaban J connectivity index is 2.25.